The second kappa shape index (κ2) is 6.95. The molecule has 0 N–H and O–H groups in total. The summed E-state index contributed by atoms with van der Waals surface area (Å²) in [5.41, 5.74) is 4.96. The maximum absolute atomic E-state index is 4.72. The van der Waals surface area contributed by atoms with Crippen molar-refractivity contribution in [2.24, 2.45) is 4.99 Å². The zero-order valence-corrected chi connectivity index (χ0v) is 15.0. The first-order chi connectivity index (χ1) is 11.5. The number of hydrogen-bond donors (Lipinski definition) is 0. The van der Waals surface area contributed by atoms with Crippen molar-refractivity contribution < 1.29 is 0 Å². The number of amidine groups is 1. The highest BCUT2D eigenvalue weighted by atomic mass is 15.2. The molecule has 0 aromatic heterocycles. The summed E-state index contributed by atoms with van der Waals surface area (Å²) in [6.07, 6.45) is 0. The van der Waals surface area contributed by atoms with Gasteiger partial charge in [0, 0.05) is 58.2 Å². The highest BCUT2D eigenvalue weighted by Gasteiger charge is 2.18. The third-order valence-corrected chi connectivity index (χ3v) is 4.40. The van der Waals surface area contributed by atoms with Gasteiger partial charge < -0.3 is 14.7 Å². The van der Waals surface area contributed by atoms with E-state index >= 15 is 0 Å². The van der Waals surface area contributed by atoms with Crippen molar-refractivity contribution in [1.82, 2.24) is 4.90 Å². The Bertz CT molecular complexity index is 699. The first-order valence-corrected chi connectivity index (χ1v) is 8.38. The Kier molecular flexibility index (Phi) is 4.74. The zero-order valence-electron chi connectivity index (χ0n) is 15.0. The monoisotopic (exact) mass is 322 g/mol. The van der Waals surface area contributed by atoms with E-state index in [1.807, 2.05) is 0 Å². The van der Waals surface area contributed by atoms with Crippen molar-refractivity contribution in [3.63, 3.8) is 0 Å². The van der Waals surface area contributed by atoms with Crippen molar-refractivity contribution in [3.8, 4) is 0 Å². The molecule has 0 saturated carbocycles. The molecule has 0 atom stereocenters. The van der Waals surface area contributed by atoms with Crippen LogP contribution in [0.4, 0.5) is 11.4 Å². The average Bonchev–Trinajstić information content (AvgIpc) is 3.03. The van der Waals surface area contributed by atoms with Crippen LogP contribution in [-0.2, 0) is 6.54 Å². The summed E-state index contributed by atoms with van der Waals surface area (Å²) >= 11 is 0. The van der Waals surface area contributed by atoms with Crippen LogP contribution in [0.5, 0.6) is 0 Å². The molecule has 0 bridgehead atoms. The second-order valence-electron chi connectivity index (χ2n) is 6.63. The molecule has 0 fully saturated rings. The van der Waals surface area contributed by atoms with E-state index in [9.17, 15) is 0 Å². The van der Waals surface area contributed by atoms with E-state index in [2.05, 4.69) is 91.4 Å². The highest BCUT2D eigenvalue weighted by molar-refractivity contribution is 6.00. The number of nitrogens with zero attached hydrogens (tertiary/aromatic N) is 4. The predicted octanol–water partition coefficient (Wildman–Crippen LogP) is 3.08. The molecule has 2 aromatic rings. The minimum Gasteiger partial charge on any atom is -0.378 e. The van der Waals surface area contributed by atoms with Crippen LogP contribution in [0.25, 0.3) is 0 Å². The van der Waals surface area contributed by atoms with E-state index in [1.165, 1.54) is 22.5 Å². The maximum Gasteiger partial charge on any atom is 0.131 e. The van der Waals surface area contributed by atoms with Crippen LogP contribution < -0.4 is 9.80 Å². The van der Waals surface area contributed by atoms with Gasteiger partial charge in [0.15, 0.2) is 0 Å². The average molecular weight is 322 g/mol. The van der Waals surface area contributed by atoms with E-state index < -0.39 is 0 Å². The number of hydrogen-bond acceptors (Lipinski definition) is 4. The number of anilines is 2. The van der Waals surface area contributed by atoms with Crippen LogP contribution >= 0.6 is 0 Å². The Morgan fingerprint density at radius 1 is 0.833 bits per heavy atom. The van der Waals surface area contributed by atoms with Gasteiger partial charge in [-0.1, -0.05) is 12.1 Å². The van der Waals surface area contributed by atoms with Crippen molar-refractivity contribution in [2.75, 3.05) is 51.1 Å². The van der Waals surface area contributed by atoms with Gasteiger partial charge in [-0.25, -0.2) is 0 Å². The van der Waals surface area contributed by atoms with Gasteiger partial charge in [0.25, 0.3) is 0 Å². The smallest absolute Gasteiger partial charge is 0.131 e. The Balaban J connectivity index is 1.73. The molecular weight excluding hydrogens is 296 g/mol. The predicted molar refractivity (Wildman–Crippen MR) is 103 cm³/mol. The van der Waals surface area contributed by atoms with E-state index in [-0.39, 0.29) is 0 Å². The fraction of sp³-hybridized carbons (Fsp3) is 0.350. The molecule has 126 valence electrons. The van der Waals surface area contributed by atoms with Gasteiger partial charge >= 0.3 is 0 Å². The molecule has 0 radical (unpaired) electrons. The van der Waals surface area contributed by atoms with E-state index in [0.29, 0.717) is 0 Å². The van der Waals surface area contributed by atoms with Gasteiger partial charge in [-0.3, -0.25) is 4.99 Å². The Morgan fingerprint density at radius 2 is 1.38 bits per heavy atom. The molecule has 0 aliphatic carbocycles. The lowest BCUT2D eigenvalue weighted by Gasteiger charge is -2.22. The van der Waals surface area contributed by atoms with Crippen molar-refractivity contribution in [1.29, 1.82) is 0 Å². The molecule has 1 heterocycles. The van der Waals surface area contributed by atoms with E-state index in [4.69, 9.17) is 4.99 Å². The lowest BCUT2D eigenvalue weighted by atomic mass is 10.1. The normalized spacial score (nSPS) is 13.8. The summed E-state index contributed by atoms with van der Waals surface area (Å²) in [6, 6.07) is 17.4. The Labute approximate surface area is 145 Å². The Hall–Kier alpha value is -2.49. The summed E-state index contributed by atoms with van der Waals surface area (Å²) < 4.78 is 0. The van der Waals surface area contributed by atoms with Crippen LogP contribution in [0.3, 0.4) is 0 Å². The molecule has 1 aliphatic rings. The van der Waals surface area contributed by atoms with E-state index in [0.717, 1.165) is 25.5 Å². The molecule has 24 heavy (non-hydrogen) atoms. The molecule has 0 unspecified atom stereocenters. The van der Waals surface area contributed by atoms with Gasteiger partial charge in [0.1, 0.15) is 5.84 Å². The summed E-state index contributed by atoms with van der Waals surface area (Å²) in [5, 5.41) is 0. The minimum atomic E-state index is 0.876. The summed E-state index contributed by atoms with van der Waals surface area (Å²) in [7, 11) is 8.26. The lowest BCUT2D eigenvalue weighted by Crippen LogP contribution is -2.28. The molecule has 3 rings (SSSR count). The molecule has 1 aliphatic heterocycles. The van der Waals surface area contributed by atoms with Gasteiger partial charge in [0.05, 0.1) is 6.54 Å². The zero-order chi connectivity index (χ0) is 17.1. The summed E-state index contributed by atoms with van der Waals surface area (Å²) in [6.45, 7) is 2.77. The largest absolute Gasteiger partial charge is 0.378 e. The SMILES string of the molecule is CN(C)c1ccc(CN2CCN=C2c2ccc(N(C)C)cc2)cc1. The lowest BCUT2D eigenvalue weighted by molar-refractivity contribution is 0.453. The van der Waals surface area contributed by atoms with Crippen LogP contribution in [0.2, 0.25) is 0 Å². The van der Waals surface area contributed by atoms with Crippen molar-refractivity contribution in [3.05, 3.63) is 59.7 Å². The molecular formula is C20H26N4. The third-order valence-electron chi connectivity index (χ3n) is 4.40. The highest BCUT2D eigenvalue weighted by Crippen LogP contribution is 2.19. The number of aliphatic imine (C=N–C) groups is 1. The van der Waals surface area contributed by atoms with Crippen LogP contribution in [-0.4, -0.2) is 52.0 Å². The topological polar surface area (TPSA) is 22.1 Å². The van der Waals surface area contributed by atoms with Gasteiger partial charge in [0.2, 0.25) is 0 Å². The summed E-state index contributed by atoms with van der Waals surface area (Å²) in [4.78, 5) is 11.3. The molecule has 0 amide bonds. The second-order valence-corrected chi connectivity index (χ2v) is 6.63. The first-order valence-electron chi connectivity index (χ1n) is 8.38. The van der Waals surface area contributed by atoms with Crippen molar-refractivity contribution in [2.45, 2.75) is 6.54 Å². The molecule has 2 aromatic carbocycles. The van der Waals surface area contributed by atoms with Crippen LogP contribution in [0, 0.1) is 0 Å². The fourth-order valence-electron chi connectivity index (χ4n) is 2.94. The summed E-state index contributed by atoms with van der Waals surface area (Å²) in [5.74, 6) is 1.11. The molecule has 0 saturated heterocycles. The third kappa shape index (κ3) is 3.53. The molecule has 4 heteroatoms. The first kappa shape index (κ1) is 16.4. The molecule has 4 nitrogen and oxygen atoms in total. The minimum absolute atomic E-state index is 0.876. The molecule has 0 spiro atoms. The Morgan fingerprint density at radius 3 is 1.92 bits per heavy atom. The van der Waals surface area contributed by atoms with Crippen LogP contribution in [0.15, 0.2) is 53.5 Å². The number of benzene rings is 2. The standard InChI is InChI=1S/C20H26N4/c1-22(2)18-9-5-16(6-10-18)15-24-14-13-21-20(24)17-7-11-19(12-8-17)23(3)4/h5-12H,13-15H2,1-4H3. The van der Waals surface area contributed by atoms with Gasteiger partial charge in [-0.15, -0.1) is 0 Å². The van der Waals surface area contributed by atoms with E-state index in [1.54, 1.807) is 0 Å². The van der Waals surface area contributed by atoms with Crippen LogP contribution in [0.1, 0.15) is 11.1 Å². The van der Waals surface area contributed by atoms with Crippen molar-refractivity contribution >= 4 is 17.2 Å². The quantitative estimate of drug-likeness (QED) is 0.844. The maximum atomic E-state index is 4.72. The van der Waals surface area contributed by atoms with Gasteiger partial charge in [-0.05, 0) is 42.0 Å². The number of rotatable bonds is 5. The fourth-order valence-corrected chi connectivity index (χ4v) is 2.94. The van der Waals surface area contributed by atoms with Gasteiger partial charge in [-0.2, -0.15) is 0 Å².